The van der Waals surface area contributed by atoms with Crippen molar-refractivity contribution in [2.24, 2.45) is 10.7 Å². The number of nitrogens with one attached hydrogen (secondary N) is 1. The number of methoxy groups -OCH3 is 2. The summed E-state index contributed by atoms with van der Waals surface area (Å²) in [5.74, 6) is 1.88. The number of benzene rings is 1. The third-order valence-corrected chi connectivity index (χ3v) is 4.47. The molecule has 1 aliphatic heterocycles. The molecular formula is C20H32N4O3. The van der Waals surface area contributed by atoms with E-state index in [-0.39, 0.29) is 0 Å². The summed E-state index contributed by atoms with van der Waals surface area (Å²) in [4.78, 5) is 6.84. The zero-order chi connectivity index (χ0) is 19.5. The van der Waals surface area contributed by atoms with E-state index in [0.717, 1.165) is 62.7 Å². The molecule has 27 heavy (non-hydrogen) atoms. The van der Waals surface area contributed by atoms with Gasteiger partial charge in [-0.1, -0.05) is 6.08 Å². The van der Waals surface area contributed by atoms with Gasteiger partial charge in [0, 0.05) is 25.2 Å². The molecule has 1 heterocycles. The molecule has 0 radical (unpaired) electrons. The fourth-order valence-electron chi connectivity index (χ4n) is 3.08. The fraction of sp³-hybridized carbons (Fsp3) is 0.550. The summed E-state index contributed by atoms with van der Waals surface area (Å²) in [5.41, 5.74) is 8.04. The summed E-state index contributed by atoms with van der Waals surface area (Å²) in [5, 5.41) is 3.18. The molecule has 0 spiro atoms. The van der Waals surface area contributed by atoms with Crippen molar-refractivity contribution in [3.63, 3.8) is 0 Å². The summed E-state index contributed by atoms with van der Waals surface area (Å²) >= 11 is 0. The second-order valence-electron chi connectivity index (χ2n) is 6.42. The van der Waals surface area contributed by atoms with Gasteiger partial charge in [0.25, 0.3) is 0 Å². The number of hydrogen-bond donors (Lipinski definition) is 2. The van der Waals surface area contributed by atoms with E-state index in [1.165, 1.54) is 0 Å². The second kappa shape index (κ2) is 11.5. The summed E-state index contributed by atoms with van der Waals surface area (Å²) in [6.07, 6.45) is 3.57. The minimum absolute atomic E-state index is 0.456. The lowest BCUT2D eigenvalue weighted by molar-refractivity contribution is 0.0376. The highest BCUT2D eigenvalue weighted by Crippen LogP contribution is 2.33. The van der Waals surface area contributed by atoms with Crippen molar-refractivity contribution in [2.75, 3.05) is 53.6 Å². The summed E-state index contributed by atoms with van der Waals surface area (Å²) in [7, 11) is 3.27. The molecule has 7 nitrogen and oxygen atoms in total. The van der Waals surface area contributed by atoms with Crippen LogP contribution < -0.4 is 20.5 Å². The van der Waals surface area contributed by atoms with Crippen LogP contribution in [0.5, 0.6) is 11.5 Å². The Hall–Kier alpha value is -2.25. The van der Waals surface area contributed by atoms with Gasteiger partial charge in [0.2, 0.25) is 0 Å². The molecule has 150 valence electrons. The number of nitrogens with two attached hydrogens (primary N) is 1. The first kappa shape index (κ1) is 21.1. The van der Waals surface area contributed by atoms with Crippen LogP contribution >= 0.6 is 0 Å². The Balaban J connectivity index is 1.85. The Morgan fingerprint density at radius 3 is 2.78 bits per heavy atom. The standard InChI is InChI=1S/C20H32N4O3/c1-4-6-17-13-16(14-18(25-2)19(17)26-3)15-23-20(21)22-7-5-8-24-9-11-27-12-10-24/h4,13-14H,1,5-12,15H2,2-3H3,(H3,21,22,23). The van der Waals surface area contributed by atoms with E-state index < -0.39 is 0 Å². The molecule has 0 aliphatic carbocycles. The number of hydrogen-bond acceptors (Lipinski definition) is 5. The average Bonchev–Trinajstić information content (AvgIpc) is 2.70. The van der Waals surface area contributed by atoms with E-state index in [1.54, 1.807) is 14.2 Å². The van der Waals surface area contributed by atoms with Gasteiger partial charge >= 0.3 is 0 Å². The van der Waals surface area contributed by atoms with E-state index in [9.17, 15) is 0 Å². The van der Waals surface area contributed by atoms with Crippen LogP contribution in [0.4, 0.5) is 0 Å². The van der Waals surface area contributed by atoms with E-state index in [4.69, 9.17) is 19.9 Å². The first-order chi connectivity index (χ1) is 13.2. The smallest absolute Gasteiger partial charge is 0.188 e. The zero-order valence-corrected chi connectivity index (χ0v) is 16.5. The highest BCUT2D eigenvalue weighted by Gasteiger charge is 2.12. The van der Waals surface area contributed by atoms with Crippen LogP contribution in [0.2, 0.25) is 0 Å². The van der Waals surface area contributed by atoms with Gasteiger partial charge in [-0.05, 0) is 37.1 Å². The lowest BCUT2D eigenvalue weighted by Crippen LogP contribution is -2.39. The minimum atomic E-state index is 0.456. The summed E-state index contributed by atoms with van der Waals surface area (Å²) in [6.45, 7) is 9.81. The molecule has 0 saturated carbocycles. The maximum absolute atomic E-state index is 6.00. The van der Waals surface area contributed by atoms with Gasteiger partial charge in [0.05, 0.1) is 34.0 Å². The third-order valence-electron chi connectivity index (χ3n) is 4.47. The van der Waals surface area contributed by atoms with Gasteiger partial charge in [0.1, 0.15) is 0 Å². The van der Waals surface area contributed by atoms with Crippen LogP contribution in [0.25, 0.3) is 0 Å². The maximum Gasteiger partial charge on any atom is 0.188 e. The van der Waals surface area contributed by atoms with Gasteiger partial charge in [-0.15, -0.1) is 6.58 Å². The van der Waals surface area contributed by atoms with Crippen LogP contribution in [0, 0.1) is 0 Å². The normalized spacial score (nSPS) is 15.4. The van der Waals surface area contributed by atoms with Crippen molar-refractivity contribution >= 4 is 5.96 Å². The van der Waals surface area contributed by atoms with E-state index >= 15 is 0 Å². The molecule has 0 unspecified atom stereocenters. The number of aliphatic imine (C=N–C) groups is 1. The molecule has 1 fully saturated rings. The third kappa shape index (κ3) is 6.77. The van der Waals surface area contributed by atoms with Crippen LogP contribution in [0.1, 0.15) is 17.5 Å². The van der Waals surface area contributed by atoms with Crippen LogP contribution in [-0.2, 0) is 17.7 Å². The van der Waals surface area contributed by atoms with E-state index in [0.29, 0.717) is 24.7 Å². The molecule has 7 heteroatoms. The van der Waals surface area contributed by atoms with Crippen molar-refractivity contribution in [3.8, 4) is 11.5 Å². The van der Waals surface area contributed by atoms with Crippen LogP contribution in [0.3, 0.4) is 0 Å². The van der Waals surface area contributed by atoms with Crippen molar-refractivity contribution in [1.29, 1.82) is 0 Å². The van der Waals surface area contributed by atoms with Gasteiger partial charge < -0.3 is 25.3 Å². The highest BCUT2D eigenvalue weighted by atomic mass is 16.5. The Kier molecular flexibility index (Phi) is 8.94. The van der Waals surface area contributed by atoms with Crippen LogP contribution in [0.15, 0.2) is 29.8 Å². The van der Waals surface area contributed by atoms with Crippen molar-refractivity contribution in [2.45, 2.75) is 19.4 Å². The number of ether oxygens (including phenoxy) is 3. The Labute approximate surface area is 162 Å². The zero-order valence-electron chi connectivity index (χ0n) is 16.5. The van der Waals surface area contributed by atoms with Gasteiger partial charge in [-0.2, -0.15) is 0 Å². The quantitative estimate of drug-likeness (QED) is 0.279. The number of nitrogens with zero attached hydrogens (tertiary/aromatic N) is 2. The molecule has 1 aliphatic rings. The molecule has 2 rings (SSSR count). The number of morpholine rings is 1. The average molecular weight is 377 g/mol. The summed E-state index contributed by atoms with van der Waals surface area (Å²) < 4.78 is 16.3. The van der Waals surface area contributed by atoms with Crippen molar-refractivity contribution in [1.82, 2.24) is 10.2 Å². The van der Waals surface area contributed by atoms with E-state index in [2.05, 4.69) is 27.9 Å². The second-order valence-corrected chi connectivity index (χ2v) is 6.42. The molecule has 1 aromatic carbocycles. The molecule has 0 aromatic heterocycles. The summed E-state index contributed by atoms with van der Waals surface area (Å²) in [6, 6.07) is 3.98. The SMILES string of the molecule is C=CCc1cc(CN=C(N)NCCCN2CCOCC2)cc(OC)c1OC. The molecule has 0 amide bonds. The Morgan fingerprint density at radius 1 is 1.33 bits per heavy atom. The molecule has 1 aromatic rings. The number of guanidine groups is 1. The van der Waals surface area contributed by atoms with Crippen molar-refractivity contribution in [3.05, 3.63) is 35.9 Å². The monoisotopic (exact) mass is 376 g/mol. The molecule has 3 N–H and O–H groups in total. The number of rotatable bonds is 10. The van der Waals surface area contributed by atoms with Crippen molar-refractivity contribution < 1.29 is 14.2 Å². The first-order valence-electron chi connectivity index (χ1n) is 9.36. The number of allylic oxidation sites excluding steroid dienone is 1. The first-order valence-corrected chi connectivity index (χ1v) is 9.36. The van der Waals surface area contributed by atoms with Gasteiger partial charge in [-0.3, -0.25) is 4.90 Å². The predicted molar refractivity (Wildman–Crippen MR) is 109 cm³/mol. The lowest BCUT2D eigenvalue weighted by atomic mass is 10.1. The Morgan fingerprint density at radius 2 is 2.11 bits per heavy atom. The Bertz CT molecular complexity index is 628. The predicted octanol–water partition coefficient (Wildman–Crippen LogP) is 1.56. The minimum Gasteiger partial charge on any atom is -0.493 e. The largest absolute Gasteiger partial charge is 0.493 e. The van der Waals surface area contributed by atoms with Crippen LogP contribution in [-0.4, -0.2) is 64.5 Å². The topological polar surface area (TPSA) is 81.3 Å². The molecular weight excluding hydrogens is 344 g/mol. The fourth-order valence-corrected chi connectivity index (χ4v) is 3.08. The molecule has 0 bridgehead atoms. The molecule has 1 saturated heterocycles. The van der Waals surface area contributed by atoms with Gasteiger partial charge in [-0.25, -0.2) is 4.99 Å². The molecule has 0 atom stereocenters. The van der Waals surface area contributed by atoms with Gasteiger partial charge in [0.15, 0.2) is 17.5 Å². The highest BCUT2D eigenvalue weighted by molar-refractivity contribution is 5.77. The maximum atomic E-state index is 6.00. The lowest BCUT2D eigenvalue weighted by Gasteiger charge is -2.26. The van der Waals surface area contributed by atoms with E-state index in [1.807, 2.05) is 12.1 Å².